The van der Waals surface area contributed by atoms with Crippen LogP contribution in [0.2, 0.25) is 5.02 Å². The Bertz CT molecular complexity index is 883. The van der Waals surface area contributed by atoms with Crippen LogP contribution in [-0.4, -0.2) is 6.03 Å². The zero-order chi connectivity index (χ0) is 16.5. The second kappa shape index (κ2) is 6.23. The maximum Gasteiger partial charge on any atom is 0.331 e. The Morgan fingerprint density at radius 3 is 2.12 bits per heavy atom. The third-order valence-electron chi connectivity index (χ3n) is 3.71. The van der Waals surface area contributed by atoms with Gasteiger partial charge in [-0.1, -0.05) is 53.7 Å². The Kier molecular flexibility index (Phi) is 3.92. The van der Waals surface area contributed by atoms with Gasteiger partial charge in [-0.3, -0.25) is 4.90 Å². The van der Waals surface area contributed by atoms with E-state index in [1.807, 2.05) is 60.7 Å². The number of nitrogens with one attached hydrogen (secondary N) is 1. The summed E-state index contributed by atoms with van der Waals surface area (Å²) in [5, 5.41) is 3.51. The van der Waals surface area contributed by atoms with Crippen LogP contribution in [0.5, 0.6) is 0 Å². The van der Waals surface area contributed by atoms with Gasteiger partial charge in [-0.2, -0.15) is 0 Å². The molecule has 0 spiro atoms. The summed E-state index contributed by atoms with van der Waals surface area (Å²) < 4.78 is 0. The molecule has 5 heteroatoms. The number of benzene rings is 3. The molecular formula is C19H13ClN2OS. The molecule has 0 saturated heterocycles. The average molecular weight is 353 g/mol. The van der Waals surface area contributed by atoms with Gasteiger partial charge in [-0.05, 0) is 42.5 Å². The monoisotopic (exact) mass is 352 g/mol. The van der Waals surface area contributed by atoms with Gasteiger partial charge in [-0.15, -0.1) is 0 Å². The van der Waals surface area contributed by atoms with Gasteiger partial charge < -0.3 is 5.32 Å². The van der Waals surface area contributed by atoms with Crippen molar-refractivity contribution in [3.63, 3.8) is 0 Å². The number of nitrogens with zero attached hydrogens (tertiary/aromatic N) is 1. The van der Waals surface area contributed by atoms with Gasteiger partial charge in [0.2, 0.25) is 0 Å². The summed E-state index contributed by atoms with van der Waals surface area (Å²) in [5.74, 6) is 0. The van der Waals surface area contributed by atoms with Crippen molar-refractivity contribution in [1.29, 1.82) is 0 Å². The highest BCUT2D eigenvalue weighted by molar-refractivity contribution is 7.99. The van der Waals surface area contributed by atoms with Crippen molar-refractivity contribution in [2.24, 2.45) is 0 Å². The molecule has 0 aromatic heterocycles. The van der Waals surface area contributed by atoms with Gasteiger partial charge in [-0.25, -0.2) is 4.79 Å². The minimum absolute atomic E-state index is 0.211. The van der Waals surface area contributed by atoms with Crippen molar-refractivity contribution in [3.05, 3.63) is 77.8 Å². The van der Waals surface area contributed by atoms with Crippen LogP contribution in [0, 0.1) is 0 Å². The minimum atomic E-state index is -0.211. The average Bonchev–Trinajstić information content (AvgIpc) is 2.59. The van der Waals surface area contributed by atoms with E-state index in [4.69, 9.17) is 11.6 Å². The SMILES string of the molecule is O=C(Nc1cccc(Cl)c1)N1c2ccccc2Sc2ccccc21. The Hall–Kier alpha value is -2.43. The number of fused-ring (bicyclic) bond motifs is 2. The second-order valence-electron chi connectivity index (χ2n) is 5.31. The molecule has 0 bridgehead atoms. The van der Waals surface area contributed by atoms with Crippen molar-refractivity contribution < 1.29 is 4.79 Å². The Labute approximate surface area is 149 Å². The molecule has 0 unspecified atom stereocenters. The number of anilines is 3. The molecule has 2 amide bonds. The predicted molar refractivity (Wildman–Crippen MR) is 99.6 cm³/mol. The highest BCUT2D eigenvalue weighted by Crippen LogP contribution is 2.47. The van der Waals surface area contributed by atoms with Crippen molar-refractivity contribution in [3.8, 4) is 0 Å². The summed E-state index contributed by atoms with van der Waals surface area (Å²) in [5.41, 5.74) is 2.42. The predicted octanol–water partition coefficient (Wildman–Crippen LogP) is 6.17. The van der Waals surface area contributed by atoms with Crippen LogP contribution in [0.1, 0.15) is 0 Å². The van der Waals surface area contributed by atoms with Gasteiger partial charge in [0.15, 0.2) is 0 Å². The molecule has 0 fully saturated rings. The molecule has 1 N–H and O–H groups in total. The van der Waals surface area contributed by atoms with E-state index in [0.29, 0.717) is 10.7 Å². The first kappa shape index (κ1) is 15.1. The molecule has 1 aliphatic rings. The Morgan fingerprint density at radius 1 is 0.875 bits per heavy atom. The van der Waals surface area contributed by atoms with E-state index >= 15 is 0 Å². The normalized spacial score (nSPS) is 12.3. The first-order valence-corrected chi connectivity index (χ1v) is 8.64. The van der Waals surface area contributed by atoms with Crippen molar-refractivity contribution in [2.45, 2.75) is 9.79 Å². The van der Waals surface area contributed by atoms with Crippen LogP contribution in [0.15, 0.2) is 82.6 Å². The van der Waals surface area contributed by atoms with E-state index in [1.165, 1.54) is 0 Å². The lowest BCUT2D eigenvalue weighted by molar-refractivity contribution is 0.259. The van der Waals surface area contributed by atoms with Crippen LogP contribution < -0.4 is 10.2 Å². The fourth-order valence-corrected chi connectivity index (χ4v) is 3.92. The van der Waals surface area contributed by atoms with E-state index in [2.05, 4.69) is 5.32 Å². The molecule has 0 aliphatic carbocycles. The molecule has 0 atom stereocenters. The van der Waals surface area contributed by atoms with E-state index in [9.17, 15) is 4.79 Å². The molecule has 0 radical (unpaired) electrons. The number of halogens is 1. The van der Waals surface area contributed by atoms with Gasteiger partial charge in [0.05, 0.1) is 11.4 Å². The van der Waals surface area contributed by atoms with Crippen molar-refractivity contribution >= 4 is 46.5 Å². The summed E-state index contributed by atoms with van der Waals surface area (Å²) in [6.45, 7) is 0. The number of carbonyl (C=O) groups excluding carboxylic acids is 1. The van der Waals surface area contributed by atoms with Crippen LogP contribution in [-0.2, 0) is 0 Å². The zero-order valence-corrected chi connectivity index (χ0v) is 14.1. The molecule has 0 saturated carbocycles. The quantitative estimate of drug-likeness (QED) is 0.567. The number of para-hydroxylation sites is 2. The maximum absolute atomic E-state index is 13.0. The summed E-state index contributed by atoms with van der Waals surface area (Å²) >= 11 is 7.68. The smallest absolute Gasteiger partial charge is 0.307 e. The summed E-state index contributed by atoms with van der Waals surface area (Å²) in [6, 6.07) is 22.7. The minimum Gasteiger partial charge on any atom is -0.307 e. The topological polar surface area (TPSA) is 32.3 Å². The van der Waals surface area contributed by atoms with E-state index in [1.54, 1.807) is 28.8 Å². The highest BCUT2D eigenvalue weighted by atomic mass is 35.5. The molecule has 24 heavy (non-hydrogen) atoms. The summed E-state index contributed by atoms with van der Waals surface area (Å²) in [6.07, 6.45) is 0. The van der Waals surface area contributed by atoms with Gasteiger partial charge in [0.25, 0.3) is 0 Å². The molecule has 3 aromatic rings. The van der Waals surface area contributed by atoms with Crippen LogP contribution in [0.25, 0.3) is 0 Å². The van der Waals surface area contributed by atoms with Gasteiger partial charge in [0, 0.05) is 20.5 Å². The summed E-state index contributed by atoms with van der Waals surface area (Å²) in [4.78, 5) is 16.8. The Balaban J connectivity index is 1.75. The second-order valence-corrected chi connectivity index (χ2v) is 6.83. The number of hydrogen-bond acceptors (Lipinski definition) is 2. The lowest BCUT2D eigenvalue weighted by Gasteiger charge is -2.31. The molecule has 1 aliphatic heterocycles. The number of hydrogen-bond donors (Lipinski definition) is 1. The van der Waals surface area contributed by atoms with Gasteiger partial charge in [0.1, 0.15) is 0 Å². The van der Waals surface area contributed by atoms with Crippen LogP contribution >= 0.6 is 23.4 Å². The molecule has 1 heterocycles. The van der Waals surface area contributed by atoms with E-state index in [-0.39, 0.29) is 6.03 Å². The van der Waals surface area contributed by atoms with E-state index < -0.39 is 0 Å². The standard InChI is InChI=1S/C19H13ClN2OS/c20-13-6-5-7-14(12-13)21-19(23)22-15-8-1-3-10-17(15)24-18-11-4-2-9-16(18)22/h1-12H,(H,21,23). The van der Waals surface area contributed by atoms with Crippen molar-refractivity contribution in [1.82, 2.24) is 0 Å². The highest BCUT2D eigenvalue weighted by Gasteiger charge is 2.27. The fraction of sp³-hybridized carbons (Fsp3) is 0. The van der Waals surface area contributed by atoms with Crippen LogP contribution in [0.3, 0.4) is 0 Å². The fourth-order valence-electron chi connectivity index (χ4n) is 2.67. The molecule has 3 nitrogen and oxygen atoms in total. The molecule has 118 valence electrons. The first-order chi connectivity index (χ1) is 11.7. The largest absolute Gasteiger partial charge is 0.331 e. The molecule has 4 rings (SSSR count). The lowest BCUT2D eigenvalue weighted by Crippen LogP contribution is -2.32. The third kappa shape index (κ3) is 2.75. The molecular weight excluding hydrogens is 340 g/mol. The number of amides is 2. The lowest BCUT2D eigenvalue weighted by atomic mass is 10.2. The Morgan fingerprint density at radius 2 is 1.50 bits per heavy atom. The number of carbonyl (C=O) groups is 1. The summed E-state index contributed by atoms with van der Waals surface area (Å²) in [7, 11) is 0. The zero-order valence-electron chi connectivity index (χ0n) is 12.6. The first-order valence-electron chi connectivity index (χ1n) is 7.45. The van der Waals surface area contributed by atoms with E-state index in [0.717, 1.165) is 21.2 Å². The maximum atomic E-state index is 13.0. The van der Waals surface area contributed by atoms with Gasteiger partial charge >= 0.3 is 6.03 Å². The van der Waals surface area contributed by atoms with Crippen LogP contribution in [0.4, 0.5) is 21.9 Å². The number of urea groups is 1. The van der Waals surface area contributed by atoms with Crippen molar-refractivity contribution in [2.75, 3.05) is 10.2 Å². The molecule has 3 aromatic carbocycles. The number of rotatable bonds is 1. The third-order valence-corrected chi connectivity index (χ3v) is 5.08.